The van der Waals surface area contributed by atoms with E-state index in [0.29, 0.717) is 23.2 Å². The molecule has 0 spiro atoms. The van der Waals surface area contributed by atoms with Crippen molar-refractivity contribution < 1.29 is 8.78 Å². The highest BCUT2D eigenvalue weighted by molar-refractivity contribution is 6.32. The first-order valence-corrected chi connectivity index (χ1v) is 7.23. The number of nitrogens with one attached hydrogen (secondary N) is 1. The number of rotatable bonds is 5. The van der Waals surface area contributed by atoms with Crippen LogP contribution in [0.1, 0.15) is 25.1 Å². The minimum absolute atomic E-state index is 0.0843. The lowest BCUT2D eigenvalue weighted by atomic mass is 10.2. The van der Waals surface area contributed by atoms with Gasteiger partial charge in [-0.3, -0.25) is 10.1 Å². The van der Waals surface area contributed by atoms with Crippen LogP contribution in [-0.2, 0) is 6.54 Å². The van der Waals surface area contributed by atoms with Gasteiger partial charge < -0.3 is 0 Å². The summed E-state index contributed by atoms with van der Waals surface area (Å²) in [4.78, 5) is 0. The Morgan fingerprint density at radius 1 is 1.41 bits per heavy atom. The second kappa shape index (κ2) is 6.87. The minimum Gasteiger partial charge on any atom is -0.276 e. The first kappa shape index (κ1) is 16.4. The van der Waals surface area contributed by atoms with E-state index in [0.717, 1.165) is 17.8 Å². The highest BCUT2D eigenvalue weighted by Crippen LogP contribution is 2.19. The van der Waals surface area contributed by atoms with Crippen molar-refractivity contribution in [2.24, 2.45) is 11.0 Å². The Labute approximate surface area is 132 Å². The number of benzene rings is 1. The molecular weight excluding hydrogens is 310 g/mol. The van der Waals surface area contributed by atoms with E-state index in [4.69, 9.17) is 11.6 Å². The monoisotopic (exact) mass is 326 g/mol. The molecule has 0 bridgehead atoms. The summed E-state index contributed by atoms with van der Waals surface area (Å²) in [7, 11) is 0. The first-order valence-electron chi connectivity index (χ1n) is 6.85. The van der Waals surface area contributed by atoms with Gasteiger partial charge in [0.05, 0.1) is 23.2 Å². The van der Waals surface area contributed by atoms with Gasteiger partial charge in [0, 0.05) is 12.6 Å². The second-order valence-electron chi connectivity index (χ2n) is 5.36. The second-order valence-corrected chi connectivity index (χ2v) is 5.72. The Hall–Kier alpha value is -1.95. The Morgan fingerprint density at radius 3 is 2.77 bits per heavy atom. The molecule has 2 rings (SSSR count). The number of aromatic nitrogens is 2. The summed E-state index contributed by atoms with van der Waals surface area (Å²) in [6, 6.07) is 3.22. The predicted molar refractivity (Wildman–Crippen MR) is 84.4 cm³/mol. The van der Waals surface area contributed by atoms with Gasteiger partial charge in [-0.1, -0.05) is 25.4 Å². The number of anilines is 1. The third kappa shape index (κ3) is 3.82. The number of hydrazone groups is 1. The largest absolute Gasteiger partial charge is 0.276 e. The van der Waals surface area contributed by atoms with Gasteiger partial charge >= 0.3 is 0 Å². The first-order chi connectivity index (χ1) is 10.4. The average Bonchev–Trinajstić information content (AvgIpc) is 2.67. The molecule has 0 amide bonds. The zero-order valence-electron chi connectivity index (χ0n) is 12.6. The zero-order chi connectivity index (χ0) is 16.3. The van der Waals surface area contributed by atoms with E-state index in [2.05, 4.69) is 29.5 Å². The van der Waals surface area contributed by atoms with Crippen molar-refractivity contribution in [1.29, 1.82) is 0 Å². The topological polar surface area (TPSA) is 42.2 Å². The van der Waals surface area contributed by atoms with Crippen LogP contribution in [0, 0.1) is 24.5 Å². The van der Waals surface area contributed by atoms with E-state index >= 15 is 0 Å². The molecule has 0 saturated heterocycles. The van der Waals surface area contributed by atoms with Crippen LogP contribution in [0.3, 0.4) is 0 Å². The lowest BCUT2D eigenvalue weighted by Crippen LogP contribution is -2.06. The van der Waals surface area contributed by atoms with Crippen molar-refractivity contribution in [2.75, 3.05) is 5.43 Å². The molecule has 1 aromatic carbocycles. The summed E-state index contributed by atoms with van der Waals surface area (Å²) >= 11 is 6.27. The maximum atomic E-state index is 13.5. The van der Waals surface area contributed by atoms with Gasteiger partial charge in [-0.05, 0) is 25.0 Å². The molecule has 4 nitrogen and oxygen atoms in total. The van der Waals surface area contributed by atoms with Gasteiger partial charge in [0.1, 0.15) is 11.0 Å². The molecule has 2 aromatic rings. The van der Waals surface area contributed by atoms with E-state index in [1.807, 2.05) is 6.92 Å². The van der Waals surface area contributed by atoms with Crippen molar-refractivity contribution in [3.05, 3.63) is 46.2 Å². The summed E-state index contributed by atoms with van der Waals surface area (Å²) in [6.45, 7) is 6.66. The van der Waals surface area contributed by atoms with Crippen LogP contribution < -0.4 is 5.43 Å². The molecular formula is C15H17ClF2N4. The molecule has 0 unspecified atom stereocenters. The molecule has 0 fully saturated rings. The number of nitrogens with zero attached hydrogens (tertiary/aromatic N) is 3. The number of hydrogen-bond donors (Lipinski definition) is 1. The quantitative estimate of drug-likeness (QED) is 0.660. The van der Waals surface area contributed by atoms with E-state index in [1.165, 1.54) is 12.3 Å². The molecule has 0 saturated carbocycles. The molecule has 1 aromatic heterocycles. The van der Waals surface area contributed by atoms with Crippen LogP contribution in [0.5, 0.6) is 0 Å². The van der Waals surface area contributed by atoms with Crippen LogP contribution in [0.15, 0.2) is 23.3 Å². The fourth-order valence-electron chi connectivity index (χ4n) is 1.93. The van der Waals surface area contributed by atoms with E-state index in [-0.39, 0.29) is 5.69 Å². The Bertz CT molecular complexity index is 695. The molecule has 0 aliphatic heterocycles. The zero-order valence-corrected chi connectivity index (χ0v) is 13.3. The highest BCUT2D eigenvalue weighted by Gasteiger charge is 2.12. The van der Waals surface area contributed by atoms with Crippen molar-refractivity contribution in [3.8, 4) is 0 Å². The third-order valence-corrected chi connectivity index (χ3v) is 3.36. The van der Waals surface area contributed by atoms with Gasteiger partial charge in [-0.2, -0.15) is 10.2 Å². The predicted octanol–water partition coefficient (Wildman–Crippen LogP) is 4.23. The van der Waals surface area contributed by atoms with Crippen LogP contribution in [-0.4, -0.2) is 16.0 Å². The Kier molecular flexibility index (Phi) is 5.13. The van der Waals surface area contributed by atoms with Crippen LogP contribution in [0.25, 0.3) is 0 Å². The molecule has 0 aliphatic rings. The fraction of sp³-hybridized carbons (Fsp3) is 0.333. The van der Waals surface area contributed by atoms with Crippen LogP contribution in [0.4, 0.5) is 14.5 Å². The molecule has 0 aliphatic carbocycles. The summed E-state index contributed by atoms with van der Waals surface area (Å²) in [6.07, 6.45) is 1.48. The van der Waals surface area contributed by atoms with Gasteiger partial charge in [-0.15, -0.1) is 0 Å². The Balaban J connectivity index is 2.15. The van der Waals surface area contributed by atoms with E-state index in [1.54, 1.807) is 4.68 Å². The number of halogens is 3. The Morgan fingerprint density at radius 2 is 2.14 bits per heavy atom. The maximum absolute atomic E-state index is 13.5. The molecule has 1 heterocycles. The normalized spacial score (nSPS) is 11.6. The van der Waals surface area contributed by atoms with Gasteiger partial charge in [-0.25, -0.2) is 8.78 Å². The van der Waals surface area contributed by atoms with E-state index < -0.39 is 11.6 Å². The van der Waals surface area contributed by atoms with Crippen molar-refractivity contribution in [3.63, 3.8) is 0 Å². The van der Waals surface area contributed by atoms with Crippen LogP contribution >= 0.6 is 11.6 Å². The minimum atomic E-state index is -0.713. The van der Waals surface area contributed by atoms with Crippen molar-refractivity contribution in [1.82, 2.24) is 9.78 Å². The number of aryl methyl sites for hydroxylation is 1. The van der Waals surface area contributed by atoms with Crippen molar-refractivity contribution in [2.45, 2.75) is 27.3 Å². The lowest BCUT2D eigenvalue weighted by molar-refractivity contribution is 0.482. The third-order valence-electron chi connectivity index (χ3n) is 2.96. The van der Waals surface area contributed by atoms with Gasteiger partial charge in [0.25, 0.3) is 0 Å². The molecule has 118 valence electrons. The fourth-order valence-corrected chi connectivity index (χ4v) is 2.22. The molecule has 0 radical (unpaired) electrons. The summed E-state index contributed by atoms with van der Waals surface area (Å²) in [5.41, 5.74) is 4.01. The van der Waals surface area contributed by atoms with Crippen molar-refractivity contribution >= 4 is 23.5 Å². The SMILES string of the molecule is Cc1nn(CC(C)C)c(Cl)c1/C=N\Nc1ccc(F)cc1F. The number of hydrogen-bond acceptors (Lipinski definition) is 3. The molecule has 0 atom stereocenters. The lowest BCUT2D eigenvalue weighted by Gasteiger charge is -2.05. The summed E-state index contributed by atoms with van der Waals surface area (Å²) in [5.74, 6) is -0.940. The van der Waals surface area contributed by atoms with Crippen LogP contribution in [0.2, 0.25) is 5.15 Å². The smallest absolute Gasteiger partial charge is 0.151 e. The van der Waals surface area contributed by atoms with E-state index in [9.17, 15) is 8.78 Å². The van der Waals surface area contributed by atoms with Gasteiger partial charge in [0.2, 0.25) is 0 Å². The summed E-state index contributed by atoms with van der Waals surface area (Å²) in [5, 5.41) is 8.77. The molecule has 1 N–H and O–H groups in total. The maximum Gasteiger partial charge on any atom is 0.151 e. The standard InChI is InChI=1S/C15H17ClF2N4/c1-9(2)8-22-15(16)12(10(3)21-22)7-19-20-14-5-4-11(17)6-13(14)18/h4-7,9,20H,8H2,1-3H3/b19-7-. The highest BCUT2D eigenvalue weighted by atomic mass is 35.5. The molecule has 7 heteroatoms. The average molecular weight is 327 g/mol. The summed E-state index contributed by atoms with van der Waals surface area (Å²) < 4.78 is 28.0. The van der Waals surface area contributed by atoms with Gasteiger partial charge in [0.15, 0.2) is 5.82 Å². The molecule has 22 heavy (non-hydrogen) atoms.